The minimum atomic E-state index is -0.911. The molecule has 4 rings (SSSR count). The van der Waals surface area contributed by atoms with Gasteiger partial charge in [-0.2, -0.15) is 9.64 Å². The number of nitrogens with zero attached hydrogens (tertiary/aromatic N) is 3. The highest BCUT2D eigenvalue weighted by Gasteiger charge is 2.43. The van der Waals surface area contributed by atoms with E-state index in [1.165, 1.54) is 30.7 Å². The van der Waals surface area contributed by atoms with Gasteiger partial charge in [0.25, 0.3) is 0 Å². The first-order chi connectivity index (χ1) is 16.9. The molecule has 3 aromatic rings. The first kappa shape index (κ1) is 23.7. The van der Waals surface area contributed by atoms with Gasteiger partial charge in [0.1, 0.15) is 11.5 Å². The molecule has 0 radical (unpaired) electrons. The largest absolute Gasteiger partial charge is 0.466 e. The van der Waals surface area contributed by atoms with Crippen molar-refractivity contribution < 1.29 is 19.1 Å². The number of carbonyl (C=O) groups is 2. The van der Waals surface area contributed by atoms with E-state index >= 15 is 0 Å². The number of nitriles is 1. The minimum absolute atomic E-state index is 0.0204. The molecule has 1 atom stereocenters. The number of benzene rings is 2. The van der Waals surface area contributed by atoms with E-state index in [0.29, 0.717) is 11.3 Å². The second-order valence-corrected chi connectivity index (χ2v) is 8.52. The van der Waals surface area contributed by atoms with Crippen LogP contribution < -0.4 is 10.6 Å². The van der Waals surface area contributed by atoms with E-state index in [9.17, 15) is 14.9 Å². The highest BCUT2D eigenvalue weighted by atomic mass is 32.1. The van der Waals surface area contributed by atoms with Crippen LogP contribution in [0, 0.1) is 18.3 Å². The Balaban J connectivity index is 2.01. The number of aryl methyl sites for hydroxylation is 1. The molecule has 1 aliphatic heterocycles. The van der Waals surface area contributed by atoms with Gasteiger partial charge in [-0.3, -0.25) is 4.90 Å². The van der Waals surface area contributed by atoms with Gasteiger partial charge in [0.2, 0.25) is 0 Å². The maximum atomic E-state index is 13.2. The van der Waals surface area contributed by atoms with Gasteiger partial charge in [0.05, 0.1) is 47.9 Å². The zero-order valence-electron chi connectivity index (χ0n) is 19.3. The Morgan fingerprint density at radius 2 is 1.77 bits per heavy atom. The molecule has 8 nitrogen and oxygen atoms in total. The fraction of sp³-hybridized carbons (Fsp3) is 0.154. The molecular weight excluding hydrogens is 464 g/mol. The van der Waals surface area contributed by atoms with E-state index in [1.807, 2.05) is 31.2 Å². The number of methoxy groups -OCH3 is 2. The van der Waals surface area contributed by atoms with Gasteiger partial charge in [-0.15, -0.1) is 0 Å². The van der Waals surface area contributed by atoms with Crippen molar-refractivity contribution in [1.29, 1.82) is 5.26 Å². The third-order valence-electron chi connectivity index (χ3n) is 5.63. The Labute approximate surface area is 206 Å². The SMILES string of the molecule is COC(=O)C1=C(C(=O)OC)N(c2cccc(-c3cc(C)ns3)c2)C(N)=C(C#N)C1c1ccccc1. The first-order valence-electron chi connectivity index (χ1n) is 10.6. The summed E-state index contributed by atoms with van der Waals surface area (Å²) in [5.74, 6) is -2.44. The summed E-state index contributed by atoms with van der Waals surface area (Å²) in [5, 5.41) is 10.1. The van der Waals surface area contributed by atoms with Crippen molar-refractivity contribution >= 4 is 29.2 Å². The standard InChI is InChI=1S/C26H22N4O4S/c1-15-12-20(35-29-15)17-10-7-11-18(13-17)30-23(26(32)34-3)22(25(31)33-2)21(19(14-27)24(30)28)16-8-5-4-6-9-16/h4-13,21H,28H2,1-3H3. The number of allylic oxidation sites excluding steroid dienone is 1. The number of esters is 2. The molecule has 2 heterocycles. The molecule has 0 bridgehead atoms. The average molecular weight is 487 g/mol. The van der Waals surface area contributed by atoms with Crippen molar-refractivity contribution in [1.82, 2.24) is 4.37 Å². The zero-order chi connectivity index (χ0) is 25.1. The number of anilines is 1. The lowest BCUT2D eigenvalue weighted by atomic mass is 9.81. The predicted molar refractivity (Wildman–Crippen MR) is 132 cm³/mol. The Kier molecular flexibility index (Phi) is 6.66. The molecule has 0 spiro atoms. The van der Waals surface area contributed by atoms with Crippen LogP contribution in [-0.2, 0) is 19.1 Å². The average Bonchev–Trinajstić information content (AvgIpc) is 3.33. The van der Waals surface area contributed by atoms with Crippen molar-refractivity contribution in [3.63, 3.8) is 0 Å². The molecule has 2 N–H and O–H groups in total. The summed E-state index contributed by atoms with van der Waals surface area (Å²) in [4.78, 5) is 28.6. The lowest BCUT2D eigenvalue weighted by Crippen LogP contribution is -2.40. The fourth-order valence-electron chi connectivity index (χ4n) is 4.08. The second-order valence-electron chi connectivity index (χ2n) is 7.72. The topological polar surface area (TPSA) is 119 Å². The Hall–Kier alpha value is -4.42. The number of nitrogens with two attached hydrogens (primary N) is 1. The molecule has 176 valence electrons. The molecule has 1 unspecified atom stereocenters. The van der Waals surface area contributed by atoms with Gasteiger partial charge in [-0.1, -0.05) is 42.5 Å². The smallest absolute Gasteiger partial charge is 0.355 e. The number of rotatable bonds is 5. The number of aromatic nitrogens is 1. The zero-order valence-corrected chi connectivity index (χ0v) is 20.1. The van der Waals surface area contributed by atoms with Crippen molar-refractivity contribution in [3.05, 3.63) is 94.6 Å². The van der Waals surface area contributed by atoms with E-state index in [1.54, 1.807) is 36.4 Å². The van der Waals surface area contributed by atoms with Crippen molar-refractivity contribution in [2.24, 2.45) is 5.73 Å². The Morgan fingerprint density at radius 1 is 1.06 bits per heavy atom. The van der Waals surface area contributed by atoms with Crippen molar-refractivity contribution in [2.75, 3.05) is 19.1 Å². The van der Waals surface area contributed by atoms with E-state index in [-0.39, 0.29) is 22.7 Å². The summed E-state index contributed by atoms with van der Waals surface area (Å²) in [7, 11) is 2.44. The molecule has 1 aliphatic rings. The molecule has 1 aromatic heterocycles. The van der Waals surface area contributed by atoms with Gasteiger partial charge in [-0.25, -0.2) is 9.59 Å². The number of hydrogen-bond acceptors (Lipinski definition) is 9. The summed E-state index contributed by atoms with van der Waals surface area (Å²) in [6.07, 6.45) is 0. The highest BCUT2D eigenvalue weighted by Crippen LogP contribution is 2.43. The van der Waals surface area contributed by atoms with Gasteiger partial charge < -0.3 is 15.2 Å². The quantitative estimate of drug-likeness (QED) is 0.537. The Bertz CT molecular complexity index is 1400. The Morgan fingerprint density at radius 3 is 2.37 bits per heavy atom. The fourth-order valence-corrected chi connectivity index (χ4v) is 4.83. The van der Waals surface area contributed by atoms with Crippen LogP contribution in [0.3, 0.4) is 0 Å². The van der Waals surface area contributed by atoms with Crippen LogP contribution in [0.4, 0.5) is 5.69 Å². The van der Waals surface area contributed by atoms with Crippen molar-refractivity contribution in [2.45, 2.75) is 12.8 Å². The summed E-state index contributed by atoms with van der Waals surface area (Å²) < 4.78 is 14.5. The normalized spacial score (nSPS) is 15.6. The van der Waals surface area contributed by atoms with Crippen molar-refractivity contribution in [3.8, 4) is 16.5 Å². The van der Waals surface area contributed by atoms with Gasteiger partial charge in [-0.05, 0) is 47.8 Å². The van der Waals surface area contributed by atoms with Crippen LogP contribution in [-0.4, -0.2) is 30.5 Å². The monoisotopic (exact) mass is 486 g/mol. The van der Waals surface area contributed by atoms with E-state index in [2.05, 4.69) is 10.4 Å². The summed E-state index contributed by atoms with van der Waals surface area (Å²) in [6.45, 7) is 1.90. The molecule has 0 saturated carbocycles. The summed E-state index contributed by atoms with van der Waals surface area (Å²) in [5.41, 5.74) is 9.34. The van der Waals surface area contributed by atoms with E-state index in [4.69, 9.17) is 15.2 Å². The van der Waals surface area contributed by atoms with Crippen LogP contribution in [0.2, 0.25) is 0 Å². The molecule has 9 heteroatoms. The molecule has 2 aromatic carbocycles. The first-order valence-corrected chi connectivity index (χ1v) is 11.4. The minimum Gasteiger partial charge on any atom is -0.466 e. The third kappa shape index (κ3) is 4.27. The van der Waals surface area contributed by atoms with Gasteiger partial charge >= 0.3 is 11.9 Å². The molecule has 0 amide bonds. The van der Waals surface area contributed by atoms with Gasteiger partial charge in [0.15, 0.2) is 0 Å². The number of hydrogen-bond donors (Lipinski definition) is 1. The van der Waals surface area contributed by atoms with Crippen LogP contribution in [0.25, 0.3) is 10.4 Å². The number of carbonyl (C=O) groups excluding carboxylic acids is 2. The second kappa shape index (κ2) is 9.83. The van der Waals surface area contributed by atoms with E-state index < -0.39 is 17.9 Å². The summed E-state index contributed by atoms with van der Waals surface area (Å²) in [6, 6.07) is 20.2. The van der Waals surface area contributed by atoms with Crippen LogP contribution in [0.1, 0.15) is 17.2 Å². The predicted octanol–water partition coefficient (Wildman–Crippen LogP) is 4.02. The van der Waals surface area contributed by atoms with Crippen LogP contribution in [0.5, 0.6) is 0 Å². The third-order valence-corrected chi connectivity index (χ3v) is 6.56. The lowest BCUT2D eigenvalue weighted by molar-refractivity contribution is -0.139. The molecule has 35 heavy (non-hydrogen) atoms. The highest BCUT2D eigenvalue weighted by molar-refractivity contribution is 7.09. The number of ether oxygens (including phenoxy) is 2. The van der Waals surface area contributed by atoms with Crippen LogP contribution in [0.15, 0.2) is 83.3 Å². The van der Waals surface area contributed by atoms with Crippen LogP contribution >= 0.6 is 11.5 Å². The maximum absolute atomic E-state index is 13.2. The molecule has 0 aliphatic carbocycles. The summed E-state index contributed by atoms with van der Waals surface area (Å²) >= 11 is 1.34. The van der Waals surface area contributed by atoms with Gasteiger partial charge in [0, 0.05) is 5.69 Å². The molecular formula is C26H22N4O4S. The van der Waals surface area contributed by atoms with E-state index in [0.717, 1.165) is 16.1 Å². The molecule has 0 fully saturated rings. The lowest BCUT2D eigenvalue weighted by Gasteiger charge is -2.36. The maximum Gasteiger partial charge on any atom is 0.355 e. The molecule has 0 saturated heterocycles.